The predicted molar refractivity (Wildman–Crippen MR) is 93.8 cm³/mol. The third kappa shape index (κ3) is 37.3. The van der Waals surface area contributed by atoms with Crippen molar-refractivity contribution in [3.63, 3.8) is 0 Å². The molecule has 7 heteroatoms. The molecule has 0 unspecified atom stereocenters. The average molecular weight is 729 g/mol. The Labute approximate surface area is 118 Å². The van der Waals surface area contributed by atoms with Gasteiger partial charge in [-0.2, -0.15) is 0 Å². The molecule has 0 atom stereocenters. The Kier molecular flexibility index (Phi) is 16.7. The van der Waals surface area contributed by atoms with E-state index < -0.39 is 2.50 Å². The van der Waals surface area contributed by atoms with Crippen LogP contribution in [0.2, 0.25) is 0 Å². The van der Waals surface area contributed by atoms with Gasteiger partial charge >= 0.3 is 77.0 Å². The molecular weight excluding hydrogens is 714 g/mol. The van der Waals surface area contributed by atoms with E-state index in [9.17, 15) is 0 Å². The van der Waals surface area contributed by atoms with Gasteiger partial charge in [-0.1, -0.05) is 6.92 Å². The third-order valence-electron chi connectivity index (χ3n) is 0.678. The summed E-state index contributed by atoms with van der Waals surface area (Å²) in [5.41, 5.74) is 3.13. The number of hydrogen-bond acceptors (Lipinski definition) is 2. The monoisotopic (exact) mass is 730 g/mol. The van der Waals surface area contributed by atoms with Crippen molar-refractivity contribution in [2.24, 2.45) is 0 Å². The van der Waals surface area contributed by atoms with Gasteiger partial charge < -0.3 is 0 Å². The van der Waals surface area contributed by atoms with Gasteiger partial charge in [0.25, 0.3) is 0 Å². The molecule has 0 saturated heterocycles. The molecule has 0 saturated carbocycles. The first kappa shape index (κ1) is 18.0. The molecule has 0 rings (SSSR count). The molecule has 0 bridgehead atoms. The van der Waals surface area contributed by atoms with Gasteiger partial charge in [0, 0.05) is 20.6 Å². The van der Waals surface area contributed by atoms with Crippen LogP contribution in [0.1, 0.15) is 13.3 Å². The fourth-order valence-corrected chi connectivity index (χ4v) is 0.335. The van der Waals surface area contributed by atoms with Crippen LogP contribution in [0.4, 0.5) is 0 Å². The summed E-state index contributed by atoms with van der Waals surface area (Å²) in [6.07, 6.45) is 1.19. The zero-order chi connectivity index (χ0) is 10.2. The van der Waals surface area contributed by atoms with Crippen molar-refractivity contribution in [3.8, 4) is 0 Å². The zero-order valence-corrected chi connectivity index (χ0v) is 18.9. The van der Waals surface area contributed by atoms with Gasteiger partial charge in [-0.25, -0.2) is 0 Å². The van der Waals surface area contributed by atoms with Gasteiger partial charge in [0.2, 0.25) is 0 Å². The van der Waals surface area contributed by atoms with Gasteiger partial charge in [0.1, 0.15) is 0 Å². The van der Waals surface area contributed by atoms with Crippen LogP contribution in [-0.2, 0) is 0 Å². The van der Waals surface area contributed by atoms with Crippen molar-refractivity contribution in [1.82, 2.24) is 10.4 Å². The minimum absolute atomic E-state index is 1.08. The van der Waals surface area contributed by atoms with Crippen molar-refractivity contribution in [3.05, 3.63) is 0 Å². The molecule has 0 heterocycles. The summed E-state index contributed by atoms with van der Waals surface area (Å²) >= 11 is 10.2. The molecule has 0 spiro atoms. The van der Waals surface area contributed by atoms with Crippen LogP contribution in [-0.4, -0.2) is 28.2 Å². The van der Waals surface area contributed by atoms with Gasteiger partial charge in [-0.3, -0.25) is 10.4 Å². The summed E-state index contributed by atoms with van der Waals surface area (Å²) in [6, 6.07) is 0. The first-order valence-corrected chi connectivity index (χ1v) is 36.7. The molecule has 2 nitrogen and oxygen atoms in total. The maximum atomic E-state index is 3.13. The fourth-order valence-electron chi connectivity index (χ4n) is 0.335. The summed E-state index contributed by atoms with van der Waals surface area (Å²) in [6.45, 7) is 3.23. The van der Waals surface area contributed by atoms with Gasteiger partial charge in [-0.05, 0) is 6.42 Å². The average Bonchev–Trinajstić information content (AvgIpc) is 1.79. The second-order valence-electron chi connectivity index (χ2n) is 2.23. The number of nitrogens with zero attached hydrogens (tertiary/aromatic N) is 1. The summed E-state index contributed by atoms with van der Waals surface area (Å²) in [7, 11) is 3.99. The molecule has 0 aliphatic heterocycles. The van der Waals surface area contributed by atoms with Crippen LogP contribution in [0.3, 0.4) is 0 Å². The van der Waals surface area contributed by atoms with Crippen LogP contribution < -0.4 is 5.43 Å². The van der Waals surface area contributed by atoms with Crippen molar-refractivity contribution >= 4 is 77.0 Å². The molecule has 0 radical (unpaired) electrons. The Morgan fingerprint density at radius 2 is 1.50 bits per heavy atom. The van der Waals surface area contributed by atoms with Crippen LogP contribution in [0, 0.1) is 0 Å². The normalized spacial score (nSPS) is 11.0. The zero-order valence-electron chi connectivity index (χ0n) is 7.37. The van der Waals surface area contributed by atoms with E-state index in [1.807, 2.05) is 19.1 Å². The van der Waals surface area contributed by atoms with E-state index in [-0.39, 0.29) is 0 Å². The molecule has 0 aromatic rings. The fraction of sp³-hybridized carbons (Fsp3) is 1.00. The van der Waals surface area contributed by atoms with Crippen molar-refractivity contribution in [1.29, 1.82) is 0 Å². The van der Waals surface area contributed by atoms with E-state index in [4.69, 9.17) is 0 Å². The summed E-state index contributed by atoms with van der Waals surface area (Å²) in [5, 5.41) is 1.96. The molecule has 0 aliphatic carbocycles. The number of nitrogens with one attached hydrogen (secondary N) is 1. The second-order valence-corrected chi connectivity index (χ2v) is 131. The van der Waals surface area contributed by atoms with Gasteiger partial charge in [0.05, 0.1) is 0 Å². The Bertz CT molecular complexity index is 89.9. The number of rotatable bonds is 3. The van der Waals surface area contributed by atoms with Crippen LogP contribution >= 0.6 is 74.5 Å². The van der Waals surface area contributed by atoms with Crippen molar-refractivity contribution < 1.29 is 0 Å². The van der Waals surface area contributed by atoms with Crippen LogP contribution in [0.25, 0.3) is 0 Å². The van der Waals surface area contributed by atoms with E-state index in [0.717, 1.165) is 6.54 Å². The molecular formula is C5H14I4N2Sn. The maximum absolute atomic E-state index is 3.13. The van der Waals surface area contributed by atoms with E-state index in [2.05, 4.69) is 86.9 Å². The minimum atomic E-state index is -1.30. The molecule has 0 fully saturated rings. The Morgan fingerprint density at radius 3 is 1.58 bits per heavy atom. The Hall–Kier alpha value is 3.64. The standard InChI is InChI=1S/C5H14N2.4HI.Sn/c1-4-5-6-7(2)3;;;;;/h6H,4-5H2,1-3H3;4*1H;/q;;;;;+4/p-4. The van der Waals surface area contributed by atoms with Crippen molar-refractivity contribution in [2.75, 3.05) is 20.6 Å². The third-order valence-corrected chi connectivity index (χ3v) is 0.678. The summed E-state index contributed by atoms with van der Waals surface area (Å²) < 4.78 is -1.30. The van der Waals surface area contributed by atoms with E-state index in [0.29, 0.717) is 0 Å². The van der Waals surface area contributed by atoms with Crippen LogP contribution in [0.15, 0.2) is 0 Å². The summed E-state index contributed by atoms with van der Waals surface area (Å²) in [4.78, 5) is 0. The molecule has 0 aliphatic rings. The predicted octanol–water partition coefficient (Wildman–Crippen LogP) is 3.62. The van der Waals surface area contributed by atoms with Crippen molar-refractivity contribution in [2.45, 2.75) is 13.3 Å². The Morgan fingerprint density at radius 1 is 1.17 bits per heavy atom. The van der Waals surface area contributed by atoms with Gasteiger partial charge in [0.15, 0.2) is 0 Å². The number of hydrazine groups is 1. The van der Waals surface area contributed by atoms with E-state index >= 15 is 0 Å². The molecule has 0 amide bonds. The number of halogens is 4. The SMILES string of the molecule is CCCNN(C)C.[I][Sn]([I])([I])[I]. The first-order chi connectivity index (χ1) is 5.27. The molecule has 76 valence electrons. The van der Waals surface area contributed by atoms with Gasteiger partial charge in [-0.15, -0.1) is 0 Å². The Balaban J connectivity index is 0. The first-order valence-electron chi connectivity index (χ1n) is 3.43. The molecule has 0 aromatic carbocycles. The second kappa shape index (κ2) is 11.1. The quantitative estimate of drug-likeness (QED) is 0.272. The van der Waals surface area contributed by atoms with E-state index in [1.54, 1.807) is 0 Å². The molecule has 12 heavy (non-hydrogen) atoms. The van der Waals surface area contributed by atoms with E-state index in [1.165, 1.54) is 6.42 Å². The topological polar surface area (TPSA) is 15.3 Å². The van der Waals surface area contributed by atoms with Crippen LogP contribution in [0.5, 0.6) is 0 Å². The number of hydrogen-bond donors (Lipinski definition) is 1. The summed E-state index contributed by atoms with van der Waals surface area (Å²) in [5.74, 6) is 0. The molecule has 1 N–H and O–H groups in total. The molecule has 0 aromatic heterocycles.